The average Bonchev–Trinajstić information content (AvgIpc) is 2.52. The molecule has 5 heteroatoms. The fourth-order valence-corrected chi connectivity index (χ4v) is 2.98. The Balaban J connectivity index is 1.93. The van der Waals surface area contributed by atoms with Crippen LogP contribution in [-0.4, -0.2) is 38.5 Å². The van der Waals surface area contributed by atoms with Crippen molar-refractivity contribution in [2.75, 3.05) is 20.8 Å². The van der Waals surface area contributed by atoms with Crippen LogP contribution in [0.4, 0.5) is 0 Å². The van der Waals surface area contributed by atoms with E-state index in [2.05, 4.69) is 4.99 Å². The van der Waals surface area contributed by atoms with E-state index in [4.69, 9.17) is 9.47 Å². The second-order valence-corrected chi connectivity index (χ2v) is 6.92. The van der Waals surface area contributed by atoms with E-state index in [-0.39, 0.29) is 17.0 Å². The van der Waals surface area contributed by atoms with Crippen molar-refractivity contribution in [1.82, 2.24) is 0 Å². The highest BCUT2D eigenvalue weighted by Gasteiger charge is 2.38. The number of Topliss-reactive ketones (excluding diaryl/α,β-unsaturated/α-hetero) is 2. The molecule has 1 aliphatic carbocycles. The number of ketones is 2. The third-order valence-corrected chi connectivity index (χ3v) is 4.23. The van der Waals surface area contributed by atoms with Crippen molar-refractivity contribution in [3.05, 3.63) is 23.8 Å². The number of aliphatic imine (C=N–C) groups is 1. The summed E-state index contributed by atoms with van der Waals surface area (Å²) in [5.41, 5.74) is 0.838. The van der Waals surface area contributed by atoms with Crippen LogP contribution in [0.1, 0.15) is 32.3 Å². The molecule has 0 amide bonds. The molecule has 0 bridgehead atoms. The molecule has 0 saturated heterocycles. The minimum absolute atomic E-state index is 0.0221. The number of carbonyl (C=O) groups excluding carboxylic acids is 2. The summed E-state index contributed by atoms with van der Waals surface area (Å²) < 4.78 is 10.5. The average molecular weight is 331 g/mol. The van der Waals surface area contributed by atoms with Gasteiger partial charge in [-0.3, -0.25) is 14.6 Å². The van der Waals surface area contributed by atoms with Crippen LogP contribution >= 0.6 is 0 Å². The van der Waals surface area contributed by atoms with Gasteiger partial charge >= 0.3 is 0 Å². The Bertz CT molecular complexity index is 629. The van der Waals surface area contributed by atoms with E-state index in [0.29, 0.717) is 37.3 Å². The van der Waals surface area contributed by atoms with Gasteiger partial charge < -0.3 is 9.47 Å². The van der Waals surface area contributed by atoms with Crippen molar-refractivity contribution in [3.63, 3.8) is 0 Å². The lowest BCUT2D eigenvalue weighted by molar-refractivity contribution is -0.136. The zero-order chi connectivity index (χ0) is 17.7. The highest BCUT2D eigenvalue weighted by atomic mass is 16.5. The van der Waals surface area contributed by atoms with Gasteiger partial charge in [-0.25, -0.2) is 0 Å². The van der Waals surface area contributed by atoms with Gasteiger partial charge in [0.05, 0.1) is 14.2 Å². The fraction of sp³-hybridized carbons (Fsp3) is 0.526. The molecule has 1 fully saturated rings. The van der Waals surface area contributed by atoms with Crippen LogP contribution in [0.3, 0.4) is 0 Å². The van der Waals surface area contributed by atoms with Crippen molar-refractivity contribution in [3.8, 4) is 11.5 Å². The van der Waals surface area contributed by atoms with E-state index in [1.807, 2.05) is 32.0 Å². The molecule has 1 aliphatic rings. The van der Waals surface area contributed by atoms with Crippen molar-refractivity contribution in [1.29, 1.82) is 0 Å². The predicted octanol–water partition coefficient (Wildman–Crippen LogP) is 2.89. The molecule has 130 valence electrons. The number of nitrogens with zero attached hydrogens (tertiary/aromatic N) is 1. The first-order valence-corrected chi connectivity index (χ1v) is 8.12. The lowest BCUT2D eigenvalue weighted by Gasteiger charge is -2.30. The van der Waals surface area contributed by atoms with Crippen LogP contribution in [0.25, 0.3) is 0 Å². The number of hydrogen-bond donors (Lipinski definition) is 0. The molecule has 1 saturated carbocycles. The monoisotopic (exact) mass is 331 g/mol. The maximum absolute atomic E-state index is 12.1. The predicted molar refractivity (Wildman–Crippen MR) is 93.1 cm³/mol. The van der Waals surface area contributed by atoms with Gasteiger partial charge in [-0.2, -0.15) is 0 Å². The number of ether oxygens (including phenoxy) is 2. The van der Waals surface area contributed by atoms with Gasteiger partial charge in [0.15, 0.2) is 11.5 Å². The summed E-state index contributed by atoms with van der Waals surface area (Å²) in [5, 5.41) is 0. The molecular formula is C19H25NO4. The second-order valence-electron chi connectivity index (χ2n) is 6.92. The van der Waals surface area contributed by atoms with Crippen LogP contribution in [0, 0.1) is 11.3 Å². The summed E-state index contributed by atoms with van der Waals surface area (Å²) in [6.45, 7) is 4.43. The molecule has 0 atom stereocenters. The number of methoxy groups -OCH3 is 2. The first-order valence-electron chi connectivity index (χ1n) is 8.12. The highest BCUT2D eigenvalue weighted by Crippen LogP contribution is 2.33. The number of benzene rings is 1. The molecule has 0 spiro atoms. The topological polar surface area (TPSA) is 65.0 Å². The minimum Gasteiger partial charge on any atom is -0.493 e. The first-order chi connectivity index (χ1) is 11.4. The zero-order valence-corrected chi connectivity index (χ0v) is 14.8. The van der Waals surface area contributed by atoms with Crippen LogP contribution in [0.5, 0.6) is 11.5 Å². The van der Waals surface area contributed by atoms with E-state index < -0.39 is 5.92 Å². The van der Waals surface area contributed by atoms with Crippen molar-refractivity contribution in [2.24, 2.45) is 16.3 Å². The maximum atomic E-state index is 12.1. The Kier molecular flexibility index (Phi) is 5.75. The van der Waals surface area contributed by atoms with Crippen LogP contribution in [-0.2, 0) is 16.0 Å². The Labute approximate surface area is 143 Å². The van der Waals surface area contributed by atoms with Crippen molar-refractivity contribution in [2.45, 2.75) is 33.1 Å². The summed E-state index contributed by atoms with van der Waals surface area (Å²) in [6.07, 6.45) is 3.11. The lowest BCUT2D eigenvalue weighted by Crippen LogP contribution is -2.38. The third-order valence-electron chi connectivity index (χ3n) is 4.23. The zero-order valence-electron chi connectivity index (χ0n) is 14.8. The van der Waals surface area contributed by atoms with Gasteiger partial charge in [0, 0.05) is 25.6 Å². The Morgan fingerprint density at radius 3 is 2.33 bits per heavy atom. The van der Waals surface area contributed by atoms with E-state index >= 15 is 0 Å². The van der Waals surface area contributed by atoms with Gasteiger partial charge in [0.25, 0.3) is 0 Å². The number of carbonyl (C=O) groups is 2. The summed E-state index contributed by atoms with van der Waals surface area (Å²) in [7, 11) is 3.20. The number of rotatable bonds is 6. The molecule has 1 aromatic rings. The van der Waals surface area contributed by atoms with Crippen LogP contribution < -0.4 is 9.47 Å². The van der Waals surface area contributed by atoms with Crippen molar-refractivity contribution < 1.29 is 19.1 Å². The molecule has 1 aromatic carbocycles. The molecule has 5 nitrogen and oxygen atoms in total. The van der Waals surface area contributed by atoms with Gasteiger partial charge in [0.1, 0.15) is 17.5 Å². The molecule has 24 heavy (non-hydrogen) atoms. The van der Waals surface area contributed by atoms with E-state index in [1.54, 1.807) is 14.2 Å². The van der Waals surface area contributed by atoms with Gasteiger partial charge in [-0.05, 0) is 29.5 Å². The molecule has 0 unspecified atom stereocenters. The third kappa shape index (κ3) is 4.43. The first kappa shape index (κ1) is 18.2. The van der Waals surface area contributed by atoms with Crippen molar-refractivity contribution >= 4 is 17.8 Å². The molecular weight excluding hydrogens is 306 g/mol. The Morgan fingerprint density at radius 1 is 1.12 bits per heavy atom. The Morgan fingerprint density at radius 2 is 1.75 bits per heavy atom. The summed E-state index contributed by atoms with van der Waals surface area (Å²) in [6, 6.07) is 5.72. The normalized spacial score (nSPS) is 18.2. The fourth-order valence-electron chi connectivity index (χ4n) is 2.98. The highest BCUT2D eigenvalue weighted by molar-refractivity contribution is 6.16. The molecule has 0 radical (unpaired) electrons. The molecule has 2 rings (SSSR count). The van der Waals surface area contributed by atoms with Gasteiger partial charge in [0.2, 0.25) is 0 Å². The van der Waals surface area contributed by atoms with E-state index in [0.717, 1.165) is 5.56 Å². The number of hydrogen-bond acceptors (Lipinski definition) is 5. The Hall–Kier alpha value is -2.17. The van der Waals surface area contributed by atoms with Crippen LogP contribution in [0.15, 0.2) is 23.2 Å². The van der Waals surface area contributed by atoms with Gasteiger partial charge in [-0.15, -0.1) is 0 Å². The van der Waals surface area contributed by atoms with E-state index in [9.17, 15) is 9.59 Å². The largest absolute Gasteiger partial charge is 0.493 e. The molecule has 0 N–H and O–H groups in total. The van der Waals surface area contributed by atoms with E-state index in [1.165, 1.54) is 6.21 Å². The second kappa shape index (κ2) is 7.60. The summed E-state index contributed by atoms with van der Waals surface area (Å²) in [4.78, 5) is 28.5. The molecule has 0 aliphatic heterocycles. The summed E-state index contributed by atoms with van der Waals surface area (Å²) >= 11 is 0. The quantitative estimate of drug-likeness (QED) is 0.594. The molecule has 0 heterocycles. The lowest BCUT2D eigenvalue weighted by atomic mass is 9.72. The standard InChI is InChI=1S/C19H25NO4/c1-19(2)10-15(21)14(16(22)11-19)12-20-8-7-13-5-6-17(23-3)18(9-13)24-4/h5-6,9,12,14H,7-8,10-11H2,1-4H3. The minimum atomic E-state index is -0.663. The SMILES string of the molecule is COc1ccc(CCN=CC2C(=O)CC(C)(C)CC2=O)cc1OC. The smallest absolute Gasteiger partial charge is 0.160 e. The maximum Gasteiger partial charge on any atom is 0.160 e. The summed E-state index contributed by atoms with van der Waals surface area (Å²) in [5.74, 6) is 0.658. The molecule has 0 aromatic heterocycles. The van der Waals surface area contributed by atoms with Gasteiger partial charge in [-0.1, -0.05) is 19.9 Å². The van der Waals surface area contributed by atoms with Crippen LogP contribution in [0.2, 0.25) is 0 Å².